The minimum atomic E-state index is -0.597. The highest BCUT2D eigenvalue weighted by Crippen LogP contribution is 2.46. The summed E-state index contributed by atoms with van der Waals surface area (Å²) in [5, 5.41) is 3.49. The van der Waals surface area contributed by atoms with E-state index < -0.39 is 29.5 Å². The van der Waals surface area contributed by atoms with Crippen molar-refractivity contribution in [2.75, 3.05) is 57.6 Å². The molecule has 0 radical (unpaired) electrons. The lowest BCUT2D eigenvalue weighted by atomic mass is 9.85. The normalized spacial score (nSPS) is 12.8. The predicted molar refractivity (Wildman–Crippen MR) is 369 cm³/mol. The molecule has 14 heteroatoms. The van der Waals surface area contributed by atoms with Crippen molar-refractivity contribution in [3.8, 4) is 34.5 Å². The number of imide groups is 2. The molecular weight excluding hydrogens is 1140 g/mol. The maximum atomic E-state index is 15.0. The number of unbranched alkanes of at least 4 members (excludes halogenated alkanes) is 30. The number of carbonyl (C=O) groups is 5. The van der Waals surface area contributed by atoms with E-state index in [1.165, 1.54) is 103 Å². The molecule has 1 N–H and O–H groups in total. The Kier molecular flexibility index (Phi) is 34.6. The molecule has 504 valence electrons. The highest BCUT2D eigenvalue weighted by atomic mass is 16.5. The smallest absolute Gasteiger partial charge is 0.265 e. The minimum Gasteiger partial charge on any atom is -0.490 e. The average Bonchev–Trinajstić information content (AvgIpc) is 0.732. The van der Waals surface area contributed by atoms with Crippen molar-refractivity contribution < 1.29 is 52.4 Å². The monoisotopic (exact) mass is 1260 g/mol. The van der Waals surface area contributed by atoms with E-state index >= 15 is 9.59 Å². The summed E-state index contributed by atoms with van der Waals surface area (Å²) < 4.78 is 39.2. The molecule has 91 heavy (non-hydrogen) atoms. The Balaban J connectivity index is 1.23. The van der Waals surface area contributed by atoms with Gasteiger partial charge in [0.2, 0.25) is 11.5 Å². The van der Waals surface area contributed by atoms with Gasteiger partial charge in [0.1, 0.15) is 0 Å². The second-order valence-electron chi connectivity index (χ2n) is 25.3. The summed E-state index contributed by atoms with van der Waals surface area (Å²) in [6.07, 6.45) is 39.6. The molecule has 0 aromatic heterocycles. The van der Waals surface area contributed by atoms with Crippen LogP contribution < -0.4 is 38.6 Å². The van der Waals surface area contributed by atoms with E-state index in [-0.39, 0.29) is 51.8 Å². The van der Waals surface area contributed by atoms with Gasteiger partial charge in [0.15, 0.2) is 23.0 Å². The standard InChI is InChI=1S/C77H115N3O11/c1-7-13-19-25-31-37-49-86-65-55-59(56-66(87-50-38-32-26-20-14-8-2)71(65)90-53-41-35-29-23-17-11-5)73(81)78-47-48-79-74(82)61-43-45-63-70-64(46-44-62(69(61)70)75(79)83)77(85)80(76(63)84)60-57-67(88-51-39-33-27-21-15-9-3)72(91-54-42-36-30-24-18-12-6)68(58-60)89-52-40-34-28-22-16-10-4/h43-46,55-58H,7-42,47-54H2,1-6H3,(H,78,81). The number of ether oxygens (including phenoxy) is 6. The van der Waals surface area contributed by atoms with Crippen LogP contribution in [0, 0.1) is 0 Å². The number of carbonyl (C=O) groups excluding carboxylic acids is 5. The molecule has 0 aliphatic carbocycles. The number of rotatable bonds is 53. The van der Waals surface area contributed by atoms with Crippen molar-refractivity contribution in [2.45, 2.75) is 273 Å². The predicted octanol–water partition coefficient (Wildman–Crippen LogP) is 20.1. The maximum Gasteiger partial charge on any atom is 0.265 e. The molecule has 0 fully saturated rings. The Morgan fingerprint density at radius 1 is 0.341 bits per heavy atom. The van der Waals surface area contributed by atoms with Gasteiger partial charge >= 0.3 is 0 Å². The second kappa shape index (κ2) is 42.8. The molecule has 2 heterocycles. The Bertz CT molecular complexity index is 2700. The van der Waals surface area contributed by atoms with Crippen LogP contribution in [0.15, 0.2) is 48.5 Å². The maximum absolute atomic E-state index is 15.0. The molecule has 0 spiro atoms. The van der Waals surface area contributed by atoms with E-state index in [4.69, 9.17) is 28.4 Å². The molecular formula is C77H115N3O11. The zero-order chi connectivity index (χ0) is 64.8. The Morgan fingerprint density at radius 2 is 0.604 bits per heavy atom. The van der Waals surface area contributed by atoms with Gasteiger partial charge in [-0.3, -0.25) is 28.9 Å². The number of hydrogen-bond acceptors (Lipinski definition) is 11. The van der Waals surface area contributed by atoms with Crippen LogP contribution >= 0.6 is 0 Å². The Labute approximate surface area is 547 Å². The molecule has 0 atom stereocenters. The van der Waals surface area contributed by atoms with E-state index in [1.54, 1.807) is 48.5 Å². The third-order valence-electron chi connectivity index (χ3n) is 17.7. The van der Waals surface area contributed by atoms with Gasteiger partial charge in [-0.2, -0.15) is 0 Å². The topological polar surface area (TPSA) is 159 Å². The summed E-state index contributed by atoms with van der Waals surface area (Å²) in [6.45, 7) is 15.8. The van der Waals surface area contributed by atoms with Crippen LogP contribution in [0.3, 0.4) is 0 Å². The Hall–Kier alpha value is -6.31. The first-order valence-electron chi connectivity index (χ1n) is 36.4. The number of hydrogen-bond donors (Lipinski definition) is 1. The first kappa shape index (κ1) is 73.7. The number of anilines is 1. The lowest BCUT2D eigenvalue weighted by molar-refractivity contribution is 0.0605. The zero-order valence-corrected chi connectivity index (χ0v) is 57.1. The summed E-state index contributed by atoms with van der Waals surface area (Å²) in [6, 6.07) is 13.1. The summed E-state index contributed by atoms with van der Waals surface area (Å²) in [5.41, 5.74) is 1.35. The summed E-state index contributed by atoms with van der Waals surface area (Å²) in [7, 11) is 0. The van der Waals surface area contributed by atoms with E-state index in [2.05, 4.69) is 46.9 Å². The Morgan fingerprint density at radius 3 is 0.912 bits per heavy atom. The zero-order valence-electron chi connectivity index (χ0n) is 57.1. The first-order valence-corrected chi connectivity index (χ1v) is 36.4. The van der Waals surface area contributed by atoms with E-state index in [9.17, 15) is 14.4 Å². The van der Waals surface area contributed by atoms with Crippen LogP contribution in [-0.2, 0) is 0 Å². The third-order valence-corrected chi connectivity index (χ3v) is 17.7. The van der Waals surface area contributed by atoms with Crippen molar-refractivity contribution in [1.82, 2.24) is 10.2 Å². The SMILES string of the molecule is CCCCCCCCOc1cc(C(=O)NCCN2C(=O)c3ccc4c5c(ccc(c35)C2=O)C(=O)N(c2cc(OCCCCCCCC)c(OCCCCCCCC)c(OCCCCCCCC)c2)C4=O)cc(OCCCCCCCC)c1OCCCCCCCC. The number of nitrogens with zero attached hydrogens (tertiary/aromatic N) is 2. The molecule has 14 nitrogen and oxygen atoms in total. The lowest BCUT2D eigenvalue weighted by Crippen LogP contribution is -2.45. The number of benzene rings is 4. The molecule has 2 aliphatic heterocycles. The number of amides is 5. The van der Waals surface area contributed by atoms with Crippen LogP contribution in [-0.4, -0.2) is 87.2 Å². The highest BCUT2D eigenvalue weighted by molar-refractivity contribution is 6.39. The van der Waals surface area contributed by atoms with Crippen LogP contribution in [0.4, 0.5) is 5.69 Å². The second-order valence-corrected chi connectivity index (χ2v) is 25.3. The van der Waals surface area contributed by atoms with Gasteiger partial charge in [-0.1, -0.05) is 234 Å². The summed E-state index contributed by atoms with van der Waals surface area (Å²) in [5.74, 6) is -0.0634. The molecule has 0 bridgehead atoms. The molecule has 5 amide bonds. The van der Waals surface area contributed by atoms with Crippen molar-refractivity contribution in [2.24, 2.45) is 0 Å². The van der Waals surface area contributed by atoms with E-state index in [0.29, 0.717) is 79.7 Å². The largest absolute Gasteiger partial charge is 0.490 e. The fourth-order valence-corrected chi connectivity index (χ4v) is 12.2. The van der Waals surface area contributed by atoms with Gasteiger partial charge in [-0.15, -0.1) is 0 Å². The quantitative estimate of drug-likeness (QED) is 0.0331. The summed E-state index contributed by atoms with van der Waals surface area (Å²) in [4.78, 5) is 75.7. The molecule has 0 saturated carbocycles. The fraction of sp³-hybridized carbons (Fsp3) is 0.649. The van der Waals surface area contributed by atoms with E-state index in [0.717, 1.165) is 138 Å². The fourth-order valence-electron chi connectivity index (χ4n) is 12.2. The number of nitrogens with one attached hydrogen (secondary N) is 1. The highest BCUT2D eigenvalue weighted by Gasteiger charge is 2.41. The molecule has 6 rings (SSSR count). The van der Waals surface area contributed by atoms with E-state index in [1.807, 2.05) is 0 Å². The van der Waals surface area contributed by atoms with Crippen LogP contribution in [0.25, 0.3) is 10.8 Å². The van der Waals surface area contributed by atoms with Crippen molar-refractivity contribution in [3.63, 3.8) is 0 Å². The van der Waals surface area contributed by atoms with Gasteiger partial charge < -0.3 is 33.7 Å². The van der Waals surface area contributed by atoms with Gasteiger partial charge in [-0.05, 0) is 74.9 Å². The van der Waals surface area contributed by atoms with Gasteiger partial charge in [0.25, 0.3) is 29.5 Å². The van der Waals surface area contributed by atoms with Crippen molar-refractivity contribution >= 4 is 46.0 Å². The third kappa shape index (κ3) is 23.0. The minimum absolute atomic E-state index is 0.0483. The van der Waals surface area contributed by atoms with Gasteiger partial charge in [0.05, 0.1) is 45.3 Å². The molecule has 4 aromatic rings. The molecule has 2 aliphatic rings. The van der Waals surface area contributed by atoms with Crippen molar-refractivity contribution in [3.05, 3.63) is 76.3 Å². The summed E-state index contributed by atoms with van der Waals surface area (Å²) >= 11 is 0. The van der Waals surface area contributed by atoms with Crippen LogP contribution in [0.2, 0.25) is 0 Å². The average molecular weight is 1260 g/mol. The van der Waals surface area contributed by atoms with Crippen LogP contribution in [0.5, 0.6) is 34.5 Å². The van der Waals surface area contributed by atoms with Gasteiger partial charge in [-0.25, -0.2) is 4.90 Å². The van der Waals surface area contributed by atoms with Crippen molar-refractivity contribution in [1.29, 1.82) is 0 Å². The first-order chi connectivity index (χ1) is 44.6. The van der Waals surface area contributed by atoms with Gasteiger partial charge in [0, 0.05) is 63.8 Å². The molecule has 0 unspecified atom stereocenters. The molecule has 0 saturated heterocycles. The lowest BCUT2D eigenvalue weighted by Gasteiger charge is -2.32. The van der Waals surface area contributed by atoms with Crippen LogP contribution in [0.1, 0.15) is 324 Å². The molecule has 4 aromatic carbocycles.